The quantitative estimate of drug-likeness (QED) is 0.693. The highest BCUT2D eigenvalue weighted by molar-refractivity contribution is 5.93. The number of carbonyl (C=O) groups is 2. The van der Waals surface area contributed by atoms with Crippen LogP contribution in [-0.2, 0) is 20.7 Å². The Bertz CT molecular complexity index is 1010. The molecule has 2 aromatic rings. The zero-order valence-electron chi connectivity index (χ0n) is 17.6. The number of carbonyl (C=O) groups excluding carboxylic acids is 2. The van der Waals surface area contributed by atoms with Gasteiger partial charge in [-0.25, -0.2) is 0 Å². The lowest BCUT2D eigenvalue weighted by molar-refractivity contribution is -0.137. The van der Waals surface area contributed by atoms with E-state index in [0.29, 0.717) is 25.6 Å². The van der Waals surface area contributed by atoms with Gasteiger partial charge >= 0.3 is 0 Å². The first-order chi connectivity index (χ1) is 14.5. The van der Waals surface area contributed by atoms with Gasteiger partial charge in [0.25, 0.3) is 0 Å². The fourth-order valence-corrected chi connectivity index (χ4v) is 5.26. The first-order valence-electron chi connectivity index (χ1n) is 11.0. The maximum atomic E-state index is 13.3. The minimum absolute atomic E-state index is 0.0469. The number of likely N-dealkylation sites (tertiary alicyclic amines) is 1. The number of para-hydroxylation sites is 1. The van der Waals surface area contributed by atoms with Gasteiger partial charge in [0, 0.05) is 30.2 Å². The van der Waals surface area contributed by atoms with E-state index in [1.807, 2.05) is 35.4 Å². The summed E-state index contributed by atoms with van der Waals surface area (Å²) in [5, 5.41) is 4.23. The number of aromatic nitrogens is 1. The van der Waals surface area contributed by atoms with Gasteiger partial charge in [0.05, 0.1) is 24.5 Å². The van der Waals surface area contributed by atoms with E-state index in [1.165, 1.54) is 10.9 Å². The van der Waals surface area contributed by atoms with Crippen LogP contribution in [0.5, 0.6) is 0 Å². The number of H-pyrrole nitrogens is 1. The van der Waals surface area contributed by atoms with Gasteiger partial charge in [0.1, 0.15) is 5.60 Å². The Balaban J connectivity index is 1.29. The van der Waals surface area contributed by atoms with E-state index in [2.05, 4.69) is 36.3 Å². The van der Waals surface area contributed by atoms with E-state index in [-0.39, 0.29) is 17.9 Å². The normalized spacial score (nSPS) is 29.4. The molecule has 1 spiro atoms. The predicted octanol–water partition coefficient (Wildman–Crippen LogP) is 2.65. The van der Waals surface area contributed by atoms with Crippen molar-refractivity contribution in [2.24, 2.45) is 17.8 Å². The molecule has 2 bridgehead atoms. The monoisotopic (exact) mass is 407 g/mol. The van der Waals surface area contributed by atoms with Crippen LogP contribution < -0.4 is 5.32 Å². The van der Waals surface area contributed by atoms with Crippen LogP contribution in [0.3, 0.4) is 0 Å². The molecule has 2 N–H and O–H groups in total. The molecule has 1 aromatic heterocycles. The van der Waals surface area contributed by atoms with Crippen LogP contribution in [0, 0.1) is 17.8 Å². The summed E-state index contributed by atoms with van der Waals surface area (Å²) < 4.78 is 6.21. The highest BCUT2D eigenvalue weighted by atomic mass is 16.5. The van der Waals surface area contributed by atoms with Crippen molar-refractivity contribution in [3.05, 3.63) is 48.2 Å². The minimum Gasteiger partial charge on any atom is -0.361 e. The first-order valence-corrected chi connectivity index (χ1v) is 11.0. The summed E-state index contributed by atoms with van der Waals surface area (Å²) in [6, 6.07) is 8.21. The molecule has 1 aromatic carbocycles. The maximum absolute atomic E-state index is 13.3. The van der Waals surface area contributed by atoms with Gasteiger partial charge in [0.15, 0.2) is 0 Å². The molecule has 6 nitrogen and oxygen atoms in total. The molecule has 30 heavy (non-hydrogen) atoms. The molecular weight excluding hydrogens is 378 g/mol. The number of ether oxygens (including phenoxy) is 1. The van der Waals surface area contributed by atoms with Gasteiger partial charge in [-0.05, 0) is 30.4 Å². The number of fused-ring (bicyclic) bond motifs is 2. The van der Waals surface area contributed by atoms with Crippen molar-refractivity contribution in [2.45, 2.75) is 38.4 Å². The Kier molecular flexibility index (Phi) is 4.69. The molecule has 4 heterocycles. The molecule has 3 aliphatic heterocycles. The molecule has 0 radical (unpaired) electrons. The van der Waals surface area contributed by atoms with Crippen LogP contribution in [0.2, 0.25) is 0 Å². The van der Waals surface area contributed by atoms with Crippen LogP contribution >= 0.6 is 0 Å². The average molecular weight is 408 g/mol. The average Bonchev–Trinajstić information content (AvgIpc) is 3.46. The van der Waals surface area contributed by atoms with Crippen LogP contribution in [0.1, 0.15) is 25.8 Å². The summed E-state index contributed by atoms with van der Waals surface area (Å²) >= 11 is 0. The molecule has 5 rings (SSSR count). The van der Waals surface area contributed by atoms with Crippen LogP contribution in [0.15, 0.2) is 42.6 Å². The van der Waals surface area contributed by atoms with Crippen molar-refractivity contribution >= 4 is 22.7 Å². The van der Waals surface area contributed by atoms with Gasteiger partial charge in [0.2, 0.25) is 11.8 Å². The smallest absolute Gasteiger partial charge is 0.230 e. The molecule has 2 fully saturated rings. The molecule has 158 valence electrons. The summed E-state index contributed by atoms with van der Waals surface area (Å²) in [6.07, 6.45) is 7.44. The molecule has 0 aliphatic carbocycles. The number of hydrogen-bond acceptors (Lipinski definition) is 3. The lowest BCUT2D eigenvalue weighted by Crippen LogP contribution is -2.44. The molecule has 6 heteroatoms. The summed E-state index contributed by atoms with van der Waals surface area (Å²) in [6.45, 7) is 6.07. The Labute approximate surface area is 176 Å². The molecule has 2 saturated heterocycles. The van der Waals surface area contributed by atoms with Crippen molar-refractivity contribution < 1.29 is 14.3 Å². The third-order valence-corrected chi connectivity index (χ3v) is 6.83. The van der Waals surface area contributed by atoms with Gasteiger partial charge in [-0.3, -0.25) is 9.59 Å². The highest BCUT2D eigenvalue weighted by Gasteiger charge is 2.66. The van der Waals surface area contributed by atoms with E-state index < -0.39 is 17.4 Å². The van der Waals surface area contributed by atoms with Crippen molar-refractivity contribution in [1.29, 1.82) is 0 Å². The van der Waals surface area contributed by atoms with E-state index in [4.69, 9.17) is 4.74 Å². The van der Waals surface area contributed by atoms with Gasteiger partial charge < -0.3 is 19.9 Å². The zero-order valence-corrected chi connectivity index (χ0v) is 17.6. The zero-order chi connectivity index (χ0) is 20.9. The lowest BCUT2D eigenvalue weighted by Gasteiger charge is -2.23. The van der Waals surface area contributed by atoms with Gasteiger partial charge in [-0.2, -0.15) is 0 Å². The number of amides is 2. The Morgan fingerprint density at radius 1 is 1.37 bits per heavy atom. The van der Waals surface area contributed by atoms with Crippen LogP contribution in [-0.4, -0.2) is 53.0 Å². The second-order valence-corrected chi connectivity index (χ2v) is 9.24. The molecule has 4 atom stereocenters. The Morgan fingerprint density at radius 3 is 3.03 bits per heavy atom. The SMILES string of the molecule is CC(C)CCNC(=O)C1C2C(=O)N(CCc3c[nH]c4ccccc34)CC23C=C[C@@H]1O3. The third-order valence-electron chi connectivity index (χ3n) is 6.83. The van der Waals surface area contributed by atoms with Gasteiger partial charge in [-0.15, -0.1) is 0 Å². The van der Waals surface area contributed by atoms with Crippen molar-refractivity contribution in [3.63, 3.8) is 0 Å². The number of benzene rings is 1. The molecule has 0 saturated carbocycles. The first kappa shape index (κ1) is 19.4. The van der Waals surface area contributed by atoms with Crippen molar-refractivity contribution in [1.82, 2.24) is 15.2 Å². The standard InChI is InChI=1S/C24H29N3O3/c1-15(2)8-11-25-22(28)20-19-7-10-24(30-19)14-27(23(29)21(20)24)12-9-16-13-26-18-6-4-3-5-17(16)18/h3-7,10,13,15,19-21,26H,8-9,11-12,14H2,1-2H3,(H,25,28)/t19-,20?,21?,24?/m0/s1. The van der Waals surface area contributed by atoms with Crippen LogP contribution in [0.25, 0.3) is 10.9 Å². The van der Waals surface area contributed by atoms with E-state index in [9.17, 15) is 9.59 Å². The summed E-state index contributed by atoms with van der Waals surface area (Å²) in [7, 11) is 0. The fraction of sp³-hybridized carbons (Fsp3) is 0.500. The number of nitrogens with one attached hydrogen (secondary N) is 2. The molecule has 2 amide bonds. The maximum Gasteiger partial charge on any atom is 0.230 e. The summed E-state index contributed by atoms with van der Waals surface area (Å²) in [4.78, 5) is 31.4. The van der Waals surface area contributed by atoms with Gasteiger partial charge in [-0.1, -0.05) is 44.2 Å². The Morgan fingerprint density at radius 2 is 2.20 bits per heavy atom. The van der Waals surface area contributed by atoms with Crippen molar-refractivity contribution in [2.75, 3.05) is 19.6 Å². The van der Waals surface area contributed by atoms with Crippen LogP contribution in [0.4, 0.5) is 0 Å². The summed E-state index contributed by atoms with van der Waals surface area (Å²) in [5.41, 5.74) is 1.68. The van der Waals surface area contributed by atoms with E-state index >= 15 is 0 Å². The second kappa shape index (κ2) is 7.27. The summed E-state index contributed by atoms with van der Waals surface area (Å²) in [5.74, 6) is -0.308. The molecule has 3 unspecified atom stereocenters. The van der Waals surface area contributed by atoms with E-state index in [0.717, 1.165) is 18.4 Å². The van der Waals surface area contributed by atoms with Crippen molar-refractivity contribution in [3.8, 4) is 0 Å². The largest absolute Gasteiger partial charge is 0.361 e. The molecule has 3 aliphatic rings. The topological polar surface area (TPSA) is 74.4 Å². The fourth-order valence-electron chi connectivity index (χ4n) is 5.26. The second-order valence-electron chi connectivity index (χ2n) is 9.24. The molecular formula is C24H29N3O3. The Hall–Kier alpha value is -2.60. The number of rotatable bonds is 7. The highest BCUT2D eigenvalue weighted by Crippen LogP contribution is 2.51. The lowest BCUT2D eigenvalue weighted by atomic mass is 9.77. The number of nitrogens with zero attached hydrogens (tertiary/aromatic N) is 1. The minimum atomic E-state index is -0.637. The number of hydrogen-bond donors (Lipinski definition) is 2. The predicted molar refractivity (Wildman–Crippen MR) is 115 cm³/mol. The third kappa shape index (κ3) is 3.05. The van der Waals surface area contributed by atoms with E-state index in [1.54, 1.807) is 0 Å². The number of aromatic amines is 1.